The minimum Gasteiger partial charge on any atom is -0.382 e. The van der Waals surface area contributed by atoms with Crippen LogP contribution in [0.25, 0.3) is 0 Å². The highest BCUT2D eigenvalue weighted by Gasteiger charge is 2.36. The third-order valence-corrected chi connectivity index (χ3v) is 2.76. The normalized spacial score (nSPS) is 23.8. The van der Waals surface area contributed by atoms with Crippen molar-refractivity contribution in [1.82, 2.24) is 15.1 Å². The van der Waals surface area contributed by atoms with Crippen molar-refractivity contribution in [3.8, 4) is 0 Å². The van der Waals surface area contributed by atoms with Gasteiger partial charge < -0.3 is 11.1 Å². The van der Waals surface area contributed by atoms with Crippen LogP contribution in [0.1, 0.15) is 19.8 Å². The number of nitrogens with zero attached hydrogens (tertiary/aromatic N) is 2. The number of nitrogens with two attached hydrogens (primary N) is 1. The predicted molar refractivity (Wildman–Crippen MR) is 57.0 cm³/mol. The molecule has 5 nitrogen and oxygen atoms in total. The van der Waals surface area contributed by atoms with Crippen LogP contribution in [0.4, 0.5) is 5.82 Å². The summed E-state index contributed by atoms with van der Waals surface area (Å²) < 4.78 is 1.55. The third-order valence-electron chi connectivity index (χ3n) is 2.76. The number of carbonyl (C=O) groups excluding carboxylic acids is 1. The van der Waals surface area contributed by atoms with Crippen LogP contribution in [-0.4, -0.2) is 21.7 Å². The van der Waals surface area contributed by atoms with E-state index in [1.165, 1.54) is 0 Å². The zero-order chi connectivity index (χ0) is 10.8. The van der Waals surface area contributed by atoms with Gasteiger partial charge in [-0.3, -0.25) is 9.48 Å². The molecular formula is C10H16N4O. The summed E-state index contributed by atoms with van der Waals surface area (Å²) in [4.78, 5) is 11.5. The fourth-order valence-electron chi connectivity index (χ4n) is 1.74. The van der Waals surface area contributed by atoms with E-state index in [-0.39, 0.29) is 12.5 Å². The summed E-state index contributed by atoms with van der Waals surface area (Å²) in [5.41, 5.74) is 5.45. The van der Waals surface area contributed by atoms with E-state index in [0.717, 1.165) is 12.8 Å². The first-order valence-corrected chi connectivity index (χ1v) is 5.27. The average molecular weight is 208 g/mol. The molecule has 5 heteroatoms. The van der Waals surface area contributed by atoms with Gasteiger partial charge in [-0.2, -0.15) is 5.10 Å². The first-order valence-electron chi connectivity index (χ1n) is 5.27. The molecule has 1 aromatic rings. The number of anilines is 1. The largest absolute Gasteiger partial charge is 0.382 e. The number of hydrogen-bond donors (Lipinski definition) is 2. The van der Waals surface area contributed by atoms with Crippen molar-refractivity contribution in [2.24, 2.45) is 5.92 Å². The number of carbonyl (C=O) groups is 1. The molecule has 2 rings (SSSR count). The molecule has 1 amide bonds. The number of nitrogens with one attached hydrogen (secondary N) is 1. The lowest BCUT2D eigenvalue weighted by molar-refractivity contribution is -0.122. The van der Waals surface area contributed by atoms with Gasteiger partial charge in [-0.05, 0) is 18.4 Å². The number of rotatable bonds is 4. The lowest BCUT2D eigenvalue weighted by Crippen LogP contribution is -2.30. The van der Waals surface area contributed by atoms with Crippen LogP contribution in [-0.2, 0) is 11.3 Å². The molecule has 3 N–H and O–H groups in total. The first-order chi connectivity index (χ1) is 7.19. The SMILES string of the molecule is CCC1CC1NC(=O)Cn1ccc(N)n1. The number of amides is 1. The molecule has 0 bridgehead atoms. The Bertz CT molecular complexity index is 360. The number of nitrogen functional groups attached to an aromatic ring is 1. The highest BCUT2D eigenvalue weighted by Crippen LogP contribution is 2.32. The van der Waals surface area contributed by atoms with Crippen molar-refractivity contribution < 1.29 is 4.79 Å². The molecule has 0 saturated heterocycles. The Kier molecular flexibility index (Phi) is 2.62. The molecular weight excluding hydrogens is 192 g/mol. The molecule has 0 radical (unpaired) electrons. The van der Waals surface area contributed by atoms with E-state index in [2.05, 4.69) is 17.3 Å². The van der Waals surface area contributed by atoms with Crippen molar-refractivity contribution >= 4 is 11.7 Å². The summed E-state index contributed by atoms with van der Waals surface area (Å²) in [6.45, 7) is 2.40. The summed E-state index contributed by atoms with van der Waals surface area (Å²) in [7, 11) is 0. The summed E-state index contributed by atoms with van der Waals surface area (Å²) in [6.07, 6.45) is 3.96. The number of aromatic nitrogens is 2. The third kappa shape index (κ3) is 2.49. The van der Waals surface area contributed by atoms with E-state index in [1.807, 2.05) is 0 Å². The van der Waals surface area contributed by atoms with Gasteiger partial charge in [0.25, 0.3) is 0 Å². The number of hydrogen-bond acceptors (Lipinski definition) is 3. The van der Waals surface area contributed by atoms with Gasteiger partial charge in [0.1, 0.15) is 12.4 Å². The molecule has 1 aliphatic rings. The molecule has 0 spiro atoms. The predicted octanol–water partition coefficient (Wildman–Crippen LogP) is 0.380. The van der Waals surface area contributed by atoms with Crippen molar-refractivity contribution in [2.45, 2.75) is 32.4 Å². The molecule has 1 fully saturated rings. The Morgan fingerprint density at radius 2 is 2.60 bits per heavy atom. The second-order valence-corrected chi connectivity index (χ2v) is 4.02. The second kappa shape index (κ2) is 3.92. The van der Waals surface area contributed by atoms with E-state index >= 15 is 0 Å². The summed E-state index contributed by atoms with van der Waals surface area (Å²) in [5, 5.41) is 6.92. The lowest BCUT2D eigenvalue weighted by Gasteiger charge is -2.03. The Morgan fingerprint density at radius 1 is 1.80 bits per heavy atom. The van der Waals surface area contributed by atoms with Crippen LogP contribution in [0.3, 0.4) is 0 Å². The molecule has 0 aliphatic heterocycles. The van der Waals surface area contributed by atoms with Crippen molar-refractivity contribution in [3.63, 3.8) is 0 Å². The van der Waals surface area contributed by atoms with E-state index in [9.17, 15) is 4.79 Å². The highest BCUT2D eigenvalue weighted by molar-refractivity contribution is 5.76. The van der Waals surface area contributed by atoms with Crippen LogP contribution in [0.15, 0.2) is 12.3 Å². The Balaban J connectivity index is 1.78. The van der Waals surface area contributed by atoms with Gasteiger partial charge in [0.15, 0.2) is 0 Å². The van der Waals surface area contributed by atoms with Gasteiger partial charge in [-0.25, -0.2) is 0 Å². The van der Waals surface area contributed by atoms with Gasteiger partial charge in [-0.1, -0.05) is 13.3 Å². The summed E-state index contributed by atoms with van der Waals surface area (Å²) in [6, 6.07) is 2.06. The quantitative estimate of drug-likeness (QED) is 0.751. The van der Waals surface area contributed by atoms with Crippen LogP contribution in [0.2, 0.25) is 0 Å². The van der Waals surface area contributed by atoms with E-state index in [4.69, 9.17) is 5.73 Å². The van der Waals surface area contributed by atoms with Crippen molar-refractivity contribution in [3.05, 3.63) is 12.3 Å². The molecule has 1 heterocycles. The molecule has 82 valence electrons. The fraction of sp³-hybridized carbons (Fsp3) is 0.600. The standard InChI is InChI=1S/C10H16N4O/c1-2-7-5-8(7)12-10(15)6-14-4-3-9(11)13-14/h3-4,7-8H,2,5-6H2,1H3,(H2,11,13)(H,12,15). The first kappa shape index (κ1) is 10.0. The van der Waals surface area contributed by atoms with Gasteiger partial charge in [0.05, 0.1) is 0 Å². The minimum atomic E-state index is 0.0130. The highest BCUT2D eigenvalue weighted by atomic mass is 16.2. The molecule has 15 heavy (non-hydrogen) atoms. The Hall–Kier alpha value is -1.52. The van der Waals surface area contributed by atoms with Crippen LogP contribution in [0.5, 0.6) is 0 Å². The lowest BCUT2D eigenvalue weighted by atomic mass is 10.3. The zero-order valence-electron chi connectivity index (χ0n) is 8.81. The Morgan fingerprint density at radius 3 is 3.13 bits per heavy atom. The minimum absolute atomic E-state index is 0.0130. The van der Waals surface area contributed by atoms with E-state index < -0.39 is 0 Å². The zero-order valence-corrected chi connectivity index (χ0v) is 8.81. The molecule has 1 aromatic heterocycles. The van der Waals surface area contributed by atoms with Crippen molar-refractivity contribution in [1.29, 1.82) is 0 Å². The maximum Gasteiger partial charge on any atom is 0.241 e. The molecule has 0 aromatic carbocycles. The maximum absolute atomic E-state index is 11.5. The smallest absolute Gasteiger partial charge is 0.241 e. The van der Waals surface area contributed by atoms with Gasteiger partial charge >= 0.3 is 0 Å². The van der Waals surface area contributed by atoms with E-state index in [1.54, 1.807) is 16.9 Å². The van der Waals surface area contributed by atoms with Gasteiger partial charge in [-0.15, -0.1) is 0 Å². The van der Waals surface area contributed by atoms with Crippen LogP contribution >= 0.6 is 0 Å². The second-order valence-electron chi connectivity index (χ2n) is 4.02. The molecule has 2 unspecified atom stereocenters. The summed E-state index contributed by atoms with van der Waals surface area (Å²) in [5.74, 6) is 1.14. The van der Waals surface area contributed by atoms with Gasteiger partial charge in [0, 0.05) is 12.2 Å². The fourth-order valence-corrected chi connectivity index (χ4v) is 1.74. The van der Waals surface area contributed by atoms with E-state index in [0.29, 0.717) is 17.8 Å². The van der Waals surface area contributed by atoms with Gasteiger partial charge in [0.2, 0.25) is 5.91 Å². The Labute approximate surface area is 88.6 Å². The van der Waals surface area contributed by atoms with Crippen LogP contribution < -0.4 is 11.1 Å². The summed E-state index contributed by atoms with van der Waals surface area (Å²) >= 11 is 0. The van der Waals surface area contributed by atoms with Crippen molar-refractivity contribution in [2.75, 3.05) is 5.73 Å². The van der Waals surface area contributed by atoms with Crippen LogP contribution in [0, 0.1) is 5.92 Å². The molecule has 2 atom stereocenters. The molecule has 1 aliphatic carbocycles. The topological polar surface area (TPSA) is 72.9 Å². The monoisotopic (exact) mass is 208 g/mol. The average Bonchev–Trinajstić information content (AvgIpc) is 2.81. The molecule has 1 saturated carbocycles. The maximum atomic E-state index is 11.5.